The van der Waals surface area contributed by atoms with Gasteiger partial charge >= 0.3 is 0 Å². The second kappa shape index (κ2) is 7.11. The van der Waals surface area contributed by atoms with E-state index in [1.165, 1.54) is 11.3 Å². The van der Waals surface area contributed by atoms with Crippen molar-refractivity contribution in [1.29, 1.82) is 0 Å². The highest BCUT2D eigenvalue weighted by Crippen LogP contribution is 2.37. The Bertz CT molecular complexity index is 549. The summed E-state index contributed by atoms with van der Waals surface area (Å²) in [6, 6.07) is 3.76. The Kier molecular flexibility index (Phi) is 5.44. The van der Waals surface area contributed by atoms with Crippen LogP contribution in [-0.4, -0.2) is 35.6 Å². The molecular formula is C17H23NO2S. The molecule has 1 fully saturated rings. The summed E-state index contributed by atoms with van der Waals surface area (Å²) in [5.74, 6) is 6.02. The molecule has 1 N–H and O–H groups in total. The number of amides is 1. The Morgan fingerprint density at radius 1 is 1.43 bits per heavy atom. The molecule has 0 atom stereocenters. The number of carbonyl (C=O) groups is 1. The van der Waals surface area contributed by atoms with Crippen LogP contribution in [0, 0.1) is 17.3 Å². The average Bonchev–Trinajstić information content (AvgIpc) is 3.14. The van der Waals surface area contributed by atoms with E-state index in [4.69, 9.17) is 5.11 Å². The molecule has 0 bridgehead atoms. The van der Waals surface area contributed by atoms with E-state index in [1.54, 1.807) is 0 Å². The number of aliphatic hydroxyl groups excluding tert-OH is 1. The number of thiophene rings is 1. The lowest BCUT2D eigenvalue weighted by molar-refractivity contribution is 0.0774. The van der Waals surface area contributed by atoms with Crippen LogP contribution in [0.5, 0.6) is 0 Å². The minimum absolute atomic E-state index is 0.0774. The van der Waals surface area contributed by atoms with E-state index < -0.39 is 0 Å². The maximum Gasteiger partial charge on any atom is 0.263 e. The standard InChI is InChI=1S/C17H23NO2S/c1-3-17(4-2)10-11-18(13-17)16(20)15-9-8-14(21-15)7-5-6-12-19/h8-9,19H,3-4,6,10-13H2,1-2H3. The highest BCUT2D eigenvalue weighted by Gasteiger charge is 2.37. The van der Waals surface area contributed by atoms with Gasteiger partial charge < -0.3 is 10.0 Å². The summed E-state index contributed by atoms with van der Waals surface area (Å²) >= 11 is 1.45. The van der Waals surface area contributed by atoms with Crippen LogP contribution in [0.4, 0.5) is 0 Å². The lowest BCUT2D eigenvalue weighted by atomic mass is 9.82. The lowest BCUT2D eigenvalue weighted by Gasteiger charge is -2.26. The quantitative estimate of drug-likeness (QED) is 0.868. The van der Waals surface area contributed by atoms with E-state index in [0.29, 0.717) is 11.8 Å². The van der Waals surface area contributed by atoms with Gasteiger partial charge in [0.1, 0.15) is 0 Å². The van der Waals surface area contributed by atoms with Gasteiger partial charge in [-0.25, -0.2) is 0 Å². The molecule has 1 aliphatic heterocycles. The van der Waals surface area contributed by atoms with E-state index in [9.17, 15) is 4.79 Å². The molecule has 21 heavy (non-hydrogen) atoms. The van der Waals surface area contributed by atoms with E-state index in [-0.39, 0.29) is 12.5 Å². The van der Waals surface area contributed by atoms with Crippen molar-refractivity contribution in [3.05, 3.63) is 21.9 Å². The number of nitrogens with zero attached hydrogens (tertiary/aromatic N) is 1. The molecule has 1 amide bonds. The van der Waals surface area contributed by atoms with Gasteiger partial charge in [-0.3, -0.25) is 4.79 Å². The van der Waals surface area contributed by atoms with Crippen molar-refractivity contribution in [2.75, 3.05) is 19.7 Å². The van der Waals surface area contributed by atoms with Gasteiger partial charge in [-0.15, -0.1) is 11.3 Å². The first-order valence-electron chi connectivity index (χ1n) is 7.63. The molecule has 2 rings (SSSR count). The second-order valence-corrected chi connectivity index (χ2v) is 6.71. The SMILES string of the molecule is CCC1(CC)CCN(C(=O)c2ccc(C#CCCO)s2)C1. The fraction of sp³-hybridized carbons (Fsp3) is 0.588. The van der Waals surface area contributed by atoms with Gasteiger partial charge in [0.05, 0.1) is 16.4 Å². The maximum absolute atomic E-state index is 12.6. The first-order valence-corrected chi connectivity index (χ1v) is 8.44. The summed E-state index contributed by atoms with van der Waals surface area (Å²) in [6.45, 7) is 6.26. The van der Waals surface area contributed by atoms with E-state index >= 15 is 0 Å². The summed E-state index contributed by atoms with van der Waals surface area (Å²) < 4.78 is 0. The smallest absolute Gasteiger partial charge is 0.263 e. The summed E-state index contributed by atoms with van der Waals surface area (Å²) in [5, 5.41) is 8.72. The third-order valence-electron chi connectivity index (χ3n) is 4.49. The van der Waals surface area contributed by atoms with Crippen molar-refractivity contribution in [2.45, 2.75) is 39.5 Å². The molecule has 0 spiro atoms. The molecule has 0 aliphatic carbocycles. The largest absolute Gasteiger partial charge is 0.395 e. The molecule has 0 unspecified atom stereocenters. The Morgan fingerprint density at radius 3 is 2.81 bits per heavy atom. The Balaban J connectivity index is 2.03. The van der Waals surface area contributed by atoms with E-state index in [2.05, 4.69) is 25.7 Å². The van der Waals surface area contributed by atoms with Crippen molar-refractivity contribution in [1.82, 2.24) is 4.90 Å². The number of rotatable bonds is 4. The van der Waals surface area contributed by atoms with Crippen LogP contribution in [0.3, 0.4) is 0 Å². The van der Waals surface area contributed by atoms with Crippen LogP contribution in [-0.2, 0) is 0 Å². The van der Waals surface area contributed by atoms with E-state index in [1.807, 2.05) is 17.0 Å². The number of aliphatic hydroxyl groups is 1. The zero-order chi connectivity index (χ0) is 15.3. The van der Waals surface area contributed by atoms with Crippen molar-refractivity contribution in [2.24, 2.45) is 5.41 Å². The zero-order valence-corrected chi connectivity index (χ0v) is 13.6. The van der Waals surface area contributed by atoms with Crippen LogP contribution < -0.4 is 0 Å². The van der Waals surface area contributed by atoms with E-state index in [0.717, 1.165) is 42.1 Å². The highest BCUT2D eigenvalue weighted by molar-refractivity contribution is 7.14. The van der Waals surface area contributed by atoms with Crippen LogP contribution in [0.1, 0.15) is 54.1 Å². The molecule has 1 aliphatic rings. The highest BCUT2D eigenvalue weighted by atomic mass is 32.1. The van der Waals surface area contributed by atoms with Gasteiger partial charge in [0.25, 0.3) is 5.91 Å². The maximum atomic E-state index is 12.6. The number of carbonyl (C=O) groups excluding carboxylic acids is 1. The lowest BCUT2D eigenvalue weighted by Crippen LogP contribution is -2.31. The predicted molar refractivity (Wildman–Crippen MR) is 86.4 cm³/mol. The van der Waals surface area contributed by atoms with Crippen molar-refractivity contribution >= 4 is 17.2 Å². The normalized spacial score (nSPS) is 16.6. The van der Waals surface area contributed by atoms with Crippen molar-refractivity contribution < 1.29 is 9.90 Å². The minimum Gasteiger partial charge on any atom is -0.395 e. The summed E-state index contributed by atoms with van der Waals surface area (Å²) in [4.78, 5) is 16.2. The van der Waals surface area contributed by atoms with Gasteiger partial charge in [-0.05, 0) is 36.8 Å². The van der Waals surface area contributed by atoms with Gasteiger partial charge in [0, 0.05) is 19.5 Å². The fourth-order valence-electron chi connectivity index (χ4n) is 2.82. The molecule has 0 radical (unpaired) electrons. The molecule has 0 aromatic carbocycles. The summed E-state index contributed by atoms with van der Waals surface area (Å²) in [6.07, 6.45) is 3.86. The number of hydrogen-bond acceptors (Lipinski definition) is 3. The average molecular weight is 305 g/mol. The minimum atomic E-state index is 0.0774. The van der Waals surface area contributed by atoms with Gasteiger partial charge in [-0.1, -0.05) is 25.7 Å². The monoisotopic (exact) mass is 305 g/mol. The summed E-state index contributed by atoms with van der Waals surface area (Å²) in [5.41, 5.74) is 0.316. The molecule has 4 heteroatoms. The van der Waals surface area contributed by atoms with Crippen LogP contribution in [0.15, 0.2) is 12.1 Å². The Hall–Kier alpha value is -1.31. The molecular weight excluding hydrogens is 282 g/mol. The fourth-order valence-corrected chi connectivity index (χ4v) is 3.67. The van der Waals surface area contributed by atoms with Gasteiger partial charge in [0.2, 0.25) is 0 Å². The Labute approximate surface area is 131 Å². The predicted octanol–water partition coefficient (Wildman–Crippen LogP) is 3.13. The molecule has 2 heterocycles. The topological polar surface area (TPSA) is 40.5 Å². The molecule has 1 saturated heterocycles. The number of likely N-dealkylation sites (tertiary alicyclic amines) is 1. The third-order valence-corrected chi connectivity index (χ3v) is 5.48. The molecule has 0 saturated carbocycles. The van der Waals surface area contributed by atoms with Crippen molar-refractivity contribution in [3.8, 4) is 11.8 Å². The summed E-state index contributed by atoms with van der Waals surface area (Å²) in [7, 11) is 0. The van der Waals surface area contributed by atoms with Gasteiger partial charge in [-0.2, -0.15) is 0 Å². The first-order chi connectivity index (χ1) is 10.1. The second-order valence-electron chi connectivity index (χ2n) is 5.62. The zero-order valence-electron chi connectivity index (χ0n) is 12.8. The molecule has 3 nitrogen and oxygen atoms in total. The first kappa shape index (κ1) is 16.1. The van der Waals surface area contributed by atoms with Crippen LogP contribution >= 0.6 is 11.3 Å². The Morgan fingerprint density at radius 2 is 2.19 bits per heavy atom. The third kappa shape index (κ3) is 3.66. The van der Waals surface area contributed by atoms with Crippen LogP contribution in [0.25, 0.3) is 0 Å². The number of hydrogen-bond donors (Lipinski definition) is 1. The molecule has 1 aromatic heterocycles. The molecule has 114 valence electrons. The van der Waals surface area contributed by atoms with Crippen molar-refractivity contribution in [3.63, 3.8) is 0 Å². The van der Waals surface area contributed by atoms with Crippen LogP contribution in [0.2, 0.25) is 0 Å². The van der Waals surface area contributed by atoms with Gasteiger partial charge in [0.15, 0.2) is 0 Å². The molecule has 1 aromatic rings.